The van der Waals surface area contributed by atoms with Crippen molar-refractivity contribution in [2.45, 2.75) is 25.9 Å². The number of anilines is 1. The van der Waals surface area contributed by atoms with Gasteiger partial charge in [0.1, 0.15) is 0 Å². The number of carbonyl (C=O) groups excluding carboxylic acids is 2. The van der Waals surface area contributed by atoms with Gasteiger partial charge < -0.3 is 15.7 Å². The average molecular weight is 382 g/mol. The van der Waals surface area contributed by atoms with E-state index in [-0.39, 0.29) is 6.54 Å². The second kappa shape index (κ2) is 8.33. The Hall–Kier alpha value is -2.70. The predicted octanol–water partition coefficient (Wildman–Crippen LogP) is 3.81. The van der Waals surface area contributed by atoms with Gasteiger partial charge in [-0.3, -0.25) is 9.59 Å². The van der Waals surface area contributed by atoms with E-state index in [2.05, 4.69) is 24.5 Å². The number of hydrogen-bond acceptors (Lipinski definition) is 4. The van der Waals surface area contributed by atoms with Crippen LogP contribution in [0.5, 0.6) is 0 Å². The molecule has 6 heteroatoms. The zero-order chi connectivity index (χ0) is 19.4. The molecule has 0 fully saturated rings. The van der Waals surface area contributed by atoms with Gasteiger partial charge in [-0.15, -0.1) is 11.3 Å². The predicted molar refractivity (Wildman–Crippen MR) is 109 cm³/mol. The lowest BCUT2D eigenvalue weighted by molar-refractivity contribution is -0.136. The number of hydrogen-bond donors (Lipinski definition) is 3. The standard InChI is InChI=1S/C21H22N2O3S/c1-13(2)14-7-9-15(10-8-14)23-21(26)20(25)22-11-18(24)17-12-27-19-6-4-3-5-16(17)19/h3-10,12-13,18,24H,11H2,1-2H3,(H,22,25)(H,23,26). The normalized spacial score (nSPS) is 12.1. The molecule has 27 heavy (non-hydrogen) atoms. The molecule has 0 saturated heterocycles. The number of aliphatic hydroxyl groups excluding tert-OH is 1. The van der Waals surface area contributed by atoms with Crippen molar-refractivity contribution in [3.8, 4) is 0 Å². The van der Waals surface area contributed by atoms with Gasteiger partial charge in [-0.2, -0.15) is 0 Å². The number of aliphatic hydroxyl groups is 1. The molecule has 0 saturated carbocycles. The number of nitrogens with one attached hydrogen (secondary N) is 2. The first-order valence-electron chi connectivity index (χ1n) is 8.79. The first-order valence-corrected chi connectivity index (χ1v) is 9.67. The van der Waals surface area contributed by atoms with E-state index in [4.69, 9.17) is 0 Å². The number of rotatable bonds is 5. The van der Waals surface area contributed by atoms with Gasteiger partial charge in [0.05, 0.1) is 6.10 Å². The molecule has 1 aromatic heterocycles. The molecule has 3 aromatic rings. The number of carbonyl (C=O) groups is 2. The molecule has 0 aliphatic carbocycles. The number of fused-ring (bicyclic) bond motifs is 1. The molecule has 140 valence electrons. The summed E-state index contributed by atoms with van der Waals surface area (Å²) in [5, 5.41) is 18.3. The minimum atomic E-state index is -0.872. The fourth-order valence-electron chi connectivity index (χ4n) is 2.78. The van der Waals surface area contributed by atoms with Crippen LogP contribution < -0.4 is 10.6 Å². The highest BCUT2D eigenvalue weighted by molar-refractivity contribution is 7.17. The van der Waals surface area contributed by atoms with Crippen molar-refractivity contribution in [1.82, 2.24) is 5.32 Å². The maximum Gasteiger partial charge on any atom is 0.313 e. The van der Waals surface area contributed by atoms with Crippen molar-refractivity contribution in [3.63, 3.8) is 0 Å². The van der Waals surface area contributed by atoms with Crippen LogP contribution in [-0.2, 0) is 9.59 Å². The van der Waals surface area contributed by atoms with Gasteiger partial charge >= 0.3 is 11.8 Å². The van der Waals surface area contributed by atoms with Crippen LogP contribution in [0.15, 0.2) is 53.9 Å². The highest BCUT2D eigenvalue weighted by atomic mass is 32.1. The van der Waals surface area contributed by atoms with Crippen molar-refractivity contribution < 1.29 is 14.7 Å². The van der Waals surface area contributed by atoms with Crippen molar-refractivity contribution >= 4 is 38.9 Å². The van der Waals surface area contributed by atoms with E-state index in [9.17, 15) is 14.7 Å². The van der Waals surface area contributed by atoms with Crippen LogP contribution in [0.1, 0.15) is 37.0 Å². The topological polar surface area (TPSA) is 78.4 Å². The van der Waals surface area contributed by atoms with E-state index in [0.29, 0.717) is 11.6 Å². The van der Waals surface area contributed by atoms with Gasteiger partial charge in [-0.1, -0.05) is 44.2 Å². The third-order valence-corrected chi connectivity index (χ3v) is 5.35. The van der Waals surface area contributed by atoms with Gasteiger partial charge in [0.2, 0.25) is 0 Å². The van der Waals surface area contributed by atoms with E-state index >= 15 is 0 Å². The molecule has 1 unspecified atom stereocenters. The van der Waals surface area contributed by atoms with Gasteiger partial charge in [-0.05, 0) is 40.4 Å². The van der Waals surface area contributed by atoms with E-state index in [1.54, 1.807) is 12.1 Å². The van der Waals surface area contributed by atoms with Gasteiger partial charge in [-0.25, -0.2) is 0 Å². The molecule has 2 aromatic carbocycles. The maximum absolute atomic E-state index is 12.0. The molecule has 0 bridgehead atoms. The highest BCUT2D eigenvalue weighted by Crippen LogP contribution is 2.29. The molecule has 3 N–H and O–H groups in total. The fraction of sp³-hybridized carbons (Fsp3) is 0.238. The minimum Gasteiger partial charge on any atom is -0.387 e. The first kappa shape index (κ1) is 19.1. The Morgan fingerprint density at radius 1 is 1.04 bits per heavy atom. The second-order valence-electron chi connectivity index (χ2n) is 6.64. The quantitative estimate of drug-likeness (QED) is 0.587. The maximum atomic E-state index is 12.0. The van der Waals surface area contributed by atoms with Gasteiger partial charge in [0, 0.05) is 22.5 Å². The number of amides is 2. The fourth-order valence-corrected chi connectivity index (χ4v) is 3.78. The minimum absolute atomic E-state index is 0.0285. The summed E-state index contributed by atoms with van der Waals surface area (Å²) in [5.74, 6) is -1.14. The summed E-state index contributed by atoms with van der Waals surface area (Å²) >= 11 is 1.54. The van der Waals surface area contributed by atoms with Gasteiger partial charge in [0.15, 0.2) is 0 Å². The average Bonchev–Trinajstić information content (AvgIpc) is 3.10. The molecular formula is C21H22N2O3S. The van der Waals surface area contributed by atoms with Crippen LogP contribution in [-0.4, -0.2) is 23.5 Å². The van der Waals surface area contributed by atoms with Crippen LogP contribution in [0, 0.1) is 0 Å². The van der Waals surface area contributed by atoms with Crippen LogP contribution in [0.3, 0.4) is 0 Å². The molecule has 0 radical (unpaired) electrons. The third-order valence-electron chi connectivity index (χ3n) is 4.37. The Kier molecular flexibility index (Phi) is 5.88. The van der Waals surface area contributed by atoms with E-state index in [0.717, 1.165) is 21.2 Å². The highest BCUT2D eigenvalue weighted by Gasteiger charge is 2.18. The summed E-state index contributed by atoms with van der Waals surface area (Å²) in [6.07, 6.45) is -0.872. The molecule has 2 amide bonds. The van der Waals surface area contributed by atoms with E-state index in [1.807, 2.05) is 41.8 Å². The van der Waals surface area contributed by atoms with E-state index < -0.39 is 17.9 Å². The van der Waals surface area contributed by atoms with Crippen LogP contribution in [0.25, 0.3) is 10.1 Å². The zero-order valence-corrected chi connectivity index (χ0v) is 16.0. The summed E-state index contributed by atoms with van der Waals surface area (Å²) in [4.78, 5) is 24.1. The summed E-state index contributed by atoms with van der Waals surface area (Å²) < 4.78 is 1.07. The lowest BCUT2D eigenvalue weighted by atomic mass is 10.0. The molecule has 1 atom stereocenters. The molecular weight excluding hydrogens is 360 g/mol. The first-order chi connectivity index (χ1) is 13.0. The largest absolute Gasteiger partial charge is 0.387 e. The number of benzene rings is 2. The smallest absolute Gasteiger partial charge is 0.313 e. The van der Waals surface area contributed by atoms with Crippen molar-refractivity contribution in [2.24, 2.45) is 0 Å². The Morgan fingerprint density at radius 2 is 1.74 bits per heavy atom. The molecule has 3 rings (SSSR count). The molecule has 0 aliphatic rings. The van der Waals surface area contributed by atoms with Crippen molar-refractivity contribution in [3.05, 3.63) is 65.0 Å². The Balaban J connectivity index is 1.56. The molecule has 1 heterocycles. The lowest BCUT2D eigenvalue weighted by Crippen LogP contribution is -2.37. The summed E-state index contributed by atoms with van der Waals surface area (Å²) in [6, 6.07) is 15.1. The summed E-state index contributed by atoms with van der Waals surface area (Å²) in [6.45, 7) is 4.14. The van der Waals surface area contributed by atoms with Crippen molar-refractivity contribution in [2.75, 3.05) is 11.9 Å². The molecule has 0 aliphatic heterocycles. The summed E-state index contributed by atoms with van der Waals surface area (Å²) in [7, 11) is 0. The lowest BCUT2D eigenvalue weighted by Gasteiger charge is -2.12. The van der Waals surface area contributed by atoms with Crippen molar-refractivity contribution in [1.29, 1.82) is 0 Å². The Labute approximate surface area is 162 Å². The van der Waals surface area contributed by atoms with Crippen LogP contribution in [0.4, 0.5) is 5.69 Å². The SMILES string of the molecule is CC(C)c1ccc(NC(=O)C(=O)NCC(O)c2csc3ccccc23)cc1. The summed E-state index contributed by atoms with van der Waals surface area (Å²) in [5.41, 5.74) is 2.47. The second-order valence-corrected chi connectivity index (χ2v) is 7.56. The Bertz CT molecular complexity index is 947. The van der Waals surface area contributed by atoms with Gasteiger partial charge in [0.25, 0.3) is 0 Å². The van der Waals surface area contributed by atoms with Crippen LogP contribution in [0.2, 0.25) is 0 Å². The number of thiophene rings is 1. The Morgan fingerprint density at radius 3 is 2.44 bits per heavy atom. The van der Waals surface area contributed by atoms with Crippen LogP contribution >= 0.6 is 11.3 Å². The molecule has 0 spiro atoms. The monoisotopic (exact) mass is 382 g/mol. The zero-order valence-electron chi connectivity index (χ0n) is 15.2. The molecule has 5 nitrogen and oxygen atoms in total. The van der Waals surface area contributed by atoms with E-state index in [1.165, 1.54) is 11.3 Å². The third kappa shape index (κ3) is 4.53.